The van der Waals surface area contributed by atoms with Crippen LogP contribution in [-0.2, 0) is 16.0 Å². The fourth-order valence-electron chi connectivity index (χ4n) is 3.70. The number of aromatic nitrogens is 1. The van der Waals surface area contributed by atoms with Gasteiger partial charge in [0.05, 0.1) is 32.4 Å². The number of methoxy groups -OCH3 is 2. The molecule has 0 aliphatic carbocycles. The lowest BCUT2D eigenvalue weighted by atomic mass is 10.1. The van der Waals surface area contributed by atoms with Crippen LogP contribution in [0.15, 0.2) is 48.7 Å². The van der Waals surface area contributed by atoms with E-state index in [-0.39, 0.29) is 18.2 Å². The lowest BCUT2D eigenvalue weighted by Gasteiger charge is -2.17. The van der Waals surface area contributed by atoms with E-state index in [9.17, 15) is 9.59 Å². The largest absolute Gasteiger partial charge is 0.497 e. The van der Waals surface area contributed by atoms with Crippen LogP contribution in [-0.4, -0.2) is 43.6 Å². The highest BCUT2D eigenvalue weighted by atomic mass is 16.5. The molecule has 1 atom stereocenters. The highest BCUT2D eigenvalue weighted by Gasteiger charge is 2.39. The summed E-state index contributed by atoms with van der Waals surface area (Å²) in [5, 5.41) is 4.41. The highest BCUT2D eigenvalue weighted by molar-refractivity contribution is 6.22. The number of carbonyl (C=O) groups is 2. The average Bonchev–Trinajstić information content (AvgIpc) is 3.28. The van der Waals surface area contributed by atoms with Gasteiger partial charge < -0.3 is 19.8 Å². The van der Waals surface area contributed by atoms with Crippen molar-refractivity contribution in [3.05, 3.63) is 54.2 Å². The van der Waals surface area contributed by atoms with Crippen molar-refractivity contribution in [2.24, 2.45) is 0 Å². The maximum atomic E-state index is 12.9. The Bertz CT molecular complexity index is 1040. The number of amides is 2. The van der Waals surface area contributed by atoms with Crippen LogP contribution in [0.5, 0.6) is 11.5 Å². The molecule has 29 heavy (non-hydrogen) atoms. The zero-order valence-corrected chi connectivity index (χ0v) is 16.4. The van der Waals surface area contributed by atoms with E-state index in [2.05, 4.69) is 16.4 Å². The van der Waals surface area contributed by atoms with E-state index in [0.29, 0.717) is 23.7 Å². The molecule has 7 heteroatoms. The molecule has 1 aliphatic rings. The number of carbonyl (C=O) groups excluding carboxylic acids is 2. The molecule has 3 aromatic rings. The summed E-state index contributed by atoms with van der Waals surface area (Å²) in [4.78, 5) is 29.9. The van der Waals surface area contributed by atoms with Gasteiger partial charge in [0.2, 0.25) is 5.91 Å². The number of benzene rings is 2. The van der Waals surface area contributed by atoms with Crippen molar-refractivity contribution in [2.45, 2.75) is 18.9 Å². The Morgan fingerprint density at radius 1 is 1.10 bits per heavy atom. The van der Waals surface area contributed by atoms with Crippen molar-refractivity contribution < 1.29 is 19.1 Å². The van der Waals surface area contributed by atoms with Crippen molar-refractivity contribution in [1.82, 2.24) is 10.3 Å². The molecule has 7 nitrogen and oxygen atoms in total. The Kier molecular flexibility index (Phi) is 5.22. The van der Waals surface area contributed by atoms with Crippen molar-refractivity contribution in [3.8, 4) is 11.5 Å². The van der Waals surface area contributed by atoms with Crippen LogP contribution in [0.4, 0.5) is 5.69 Å². The summed E-state index contributed by atoms with van der Waals surface area (Å²) in [6.07, 6.45) is 2.88. The first-order chi connectivity index (χ1) is 14.1. The fourth-order valence-corrected chi connectivity index (χ4v) is 3.70. The van der Waals surface area contributed by atoms with E-state index in [1.54, 1.807) is 18.2 Å². The van der Waals surface area contributed by atoms with Gasteiger partial charge in [-0.1, -0.05) is 18.2 Å². The molecule has 4 rings (SSSR count). The molecule has 1 aromatic heterocycles. The van der Waals surface area contributed by atoms with E-state index in [1.165, 1.54) is 30.1 Å². The van der Waals surface area contributed by atoms with Crippen molar-refractivity contribution in [2.75, 3.05) is 25.7 Å². The molecule has 150 valence electrons. The number of fused-ring (bicyclic) bond motifs is 1. The summed E-state index contributed by atoms with van der Waals surface area (Å²) >= 11 is 0. The van der Waals surface area contributed by atoms with Gasteiger partial charge in [0.25, 0.3) is 5.91 Å². The van der Waals surface area contributed by atoms with Gasteiger partial charge in [-0.2, -0.15) is 0 Å². The third kappa shape index (κ3) is 3.69. The smallest absolute Gasteiger partial charge is 0.251 e. The van der Waals surface area contributed by atoms with E-state index >= 15 is 0 Å². The zero-order chi connectivity index (χ0) is 20.4. The number of rotatable bonds is 7. The lowest BCUT2D eigenvalue weighted by molar-refractivity contribution is -0.121. The number of nitrogens with zero attached hydrogens (tertiary/aromatic N) is 1. The van der Waals surface area contributed by atoms with Crippen LogP contribution >= 0.6 is 0 Å². The monoisotopic (exact) mass is 393 g/mol. The van der Waals surface area contributed by atoms with Gasteiger partial charge in [-0.05, 0) is 18.1 Å². The van der Waals surface area contributed by atoms with Crippen LogP contribution in [0, 0.1) is 0 Å². The number of hydrogen-bond acceptors (Lipinski definition) is 5. The summed E-state index contributed by atoms with van der Waals surface area (Å²) in [7, 11) is 3.06. The molecular formula is C22H23N3O4. The number of anilines is 1. The molecule has 0 unspecified atom stereocenters. The summed E-state index contributed by atoms with van der Waals surface area (Å²) in [6.45, 7) is 0.598. The molecule has 2 aromatic carbocycles. The molecule has 0 radical (unpaired) electrons. The standard InChI is InChI=1S/C22H23N3O4/c1-28-16-9-15(10-17(11-16)29-2)25-21(26)12-20(22(25)27)23-8-7-14-13-24-19-6-4-3-5-18(14)19/h3-6,9-11,13,20,23-24H,7-8,12H2,1-2H3/t20-/m0/s1. The fraction of sp³-hybridized carbons (Fsp3) is 0.273. The molecular weight excluding hydrogens is 370 g/mol. The minimum absolute atomic E-state index is 0.131. The van der Waals surface area contributed by atoms with E-state index in [4.69, 9.17) is 9.47 Å². The van der Waals surface area contributed by atoms with E-state index < -0.39 is 6.04 Å². The average molecular weight is 393 g/mol. The quantitative estimate of drug-likeness (QED) is 0.603. The number of ether oxygens (including phenoxy) is 2. The Labute approximate surface area is 168 Å². The zero-order valence-electron chi connectivity index (χ0n) is 16.4. The number of H-pyrrole nitrogens is 1. The number of nitrogens with one attached hydrogen (secondary N) is 2. The number of imide groups is 1. The molecule has 0 saturated carbocycles. The van der Waals surface area contributed by atoms with Gasteiger partial charge in [-0.3, -0.25) is 9.59 Å². The Morgan fingerprint density at radius 2 is 1.83 bits per heavy atom. The molecule has 2 amide bonds. The van der Waals surface area contributed by atoms with Crippen molar-refractivity contribution >= 4 is 28.4 Å². The summed E-state index contributed by atoms with van der Waals surface area (Å²) < 4.78 is 10.5. The molecule has 1 fully saturated rings. The van der Waals surface area contributed by atoms with E-state index in [1.807, 2.05) is 24.4 Å². The third-order valence-electron chi connectivity index (χ3n) is 5.20. The van der Waals surface area contributed by atoms with Crippen molar-refractivity contribution in [1.29, 1.82) is 0 Å². The molecule has 0 spiro atoms. The van der Waals surface area contributed by atoms with Crippen LogP contribution in [0.25, 0.3) is 10.9 Å². The van der Waals surface area contributed by atoms with Crippen LogP contribution in [0.1, 0.15) is 12.0 Å². The lowest BCUT2D eigenvalue weighted by Crippen LogP contribution is -2.39. The van der Waals surface area contributed by atoms with Gasteiger partial charge in [0.1, 0.15) is 11.5 Å². The first kappa shape index (κ1) is 19.0. The number of aromatic amines is 1. The van der Waals surface area contributed by atoms with Crippen molar-refractivity contribution in [3.63, 3.8) is 0 Å². The first-order valence-electron chi connectivity index (χ1n) is 9.49. The summed E-state index contributed by atoms with van der Waals surface area (Å²) in [5.74, 6) is 0.547. The highest BCUT2D eigenvalue weighted by Crippen LogP contribution is 2.31. The molecule has 1 saturated heterocycles. The third-order valence-corrected chi connectivity index (χ3v) is 5.20. The Morgan fingerprint density at radius 3 is 2.55 bits per heavy atom. The second-order valence-corrected chi connectivity index (χ2v) is 6.96. The second-order valence-electron chi connectivity index (χ2n) is 6.96. The predicted octanol–water partition coefficient (Wildman–Crippen LogP) is 2.65. The molecule has 2 N–H and O–H groups in total. The maximum absolute atomic E-state index is 12.9. The normalized spacial score (nSPS) is 16.6. The SMILES string of the molecule is COc1cc(OC)cc(N2C(=O)C[C@H](NCCc3c[nH]c4ccccc34)C2=O)c1. The van der Waals surface area contributed by atoms with Crippen LogP contribution in [0.3, 0.4) is 0 Å². The van der Waals surface area contributed by atoms with Gasteiger partial charge in [-0.15, -0.1) is 0 Å². The number of hydrogen-bond donors (Lipinski definition) is 2. The topological polar surface area (TPSA) is 83.7 Å². The van der Waals surface area contributed by atoms with Gasteiger partial charge in [0.15, 0.2) is 0 Å². The minimum Gasteiger partial charge on any atom is -0.497 e. The second kappa shape index (κ2) is 7.97. The molecule has 2 heterocycles. The number of para-hydroxylation sites is 1. The maximum Gasteiger partial charge on any atom is 0.251 e. The van der Waals surface area contributed by atoms with E-state index in [0.717, 1.165) is 11.9 Å². The Hall–Kier alpha value is -3.32. The van der Waals surface area contributed by atoms with Gasteiger partial charge in [-0.25, -0.2) is 4.90 Å². The van der Waals surface area contributed by atoms with Gasteiger partial charge in [0, 0.05) is 41.8 Å². The first-order valence-corrected chi connectivity index (χ1v) is 9.49. The summed E-state index contributed by atoms with van der Waals surface area (Å²) in [6, 6.07) is 12.6. The van der Waals surface area contributed by atoms with Crippen LogP contribution in [0.2, 0.25) is 0 Å². The van der Waals surface area contributed by atoms with Crippen LogP contribution < -0.4 is 19.7 Å². The summed E-state index contributed by atoms with van der Waals surface area (Å²) in [5.41, 5.74) is 2.73. The molecule has 1 aliphatic heterocycles. The molecule has 0 bridgehead atoms. The Balaban J connectivity index is 1.44. The minimum atomic E-state index is -0.537. The predicted molar refractivity (Wildman–Crippen MR) is 110 cm³/mol. The van der Waals surface area contributed by atoms with Gasteiger partial charge >= 0.3 is 0 Å².